The number of piperidine rings is 1. The Balaban J connectivity index is 0.00000144. The molecule has 3 fully saturated rings. The molecule has 0 radical (unpaired) electrons. The van der Waals surface area contributed by atoms with Gasteiger partial charge in [-0.2, -0.15) is 0 Å². The molecule has 3 atom stereocenters. The normalized spacial score (nSPS) is 31.0. The van der Waals surface area contributed by atoms with Gasteiger partial charge in [-0.3, -0.25) is 4.79 Å². The number of hydrogen-bond acceptors (Lipinski definition) is 3. The summed E-state index contributed by atoms with van der Waals surface area (Å²) in [5.41, 5.74) is 0. The molecule has 0 bridgehead atoms. The molecule has 6 heteroatoms. The second kappa shape index (κ2) is 10.2. The van der Waals surface area contributed by atoms with E-state index < -0.39 is 0 Å². The van der Waals surface area contributed by atoms with Gasteiger partial charge in [-0.05, 0) is 43.9 Å². The van der Waals surface area contributed by atoms with Crippen LogP contribution in [0.5, 0.6) is 0 Å². The molecule has 3 aliphatic rings. The van der Waals surface area contributed by atoms with Crippen molar-refractivity contribution >= 4 is 30.7 Å². The summed E-state index contributed by atoms with van der Waals surface area (Å²) in [6.07, 6.45) is 8.54. The van der Waals surface area contributed by atoms with E-state index in [1.54, 1.807) is 0 Å². The first-order valence-electron chi connectivity index (χ1n) is 9.40. The van der Waals surface area contributed by atoms with Crippen LogP contribution in [0.1, 0.15) is 58.8 Å². The second-order valence-corrected chi connectivity index (χ2v) is 8.08. The zero-order chi connectivity index (χ0) is 15.5. The molecule has 2 saturated heterocycles. The quantitative estimate of drug-likeness (QED) is 0.788. The summed E-state index contributed by atoms with van der Waals surface area (Å²) in [4.78, 5) is 15.1. The third-order valence-corrected chi connectivity index (χ3v) is 5.74. The molecular formula is C18H35Cl2N3O. The third-order valence-electron chi connectivity index (χ3n) is 5.74. The molecule has 1 aliphatic carbocycles. The molecule has 0 aromatic rings. The minimum atomic E-state index is 0. The molecule has 0 spiro atoms. The smallest absolute Gasteiger partial charge is 0.237 e. The van der Waals surface area contributed by atoms with E-state index in [9.17, 15) is 4.79 Å². The largest absolute Gasteiger partial charge is 0.352 e. The molecule has 1 saturated carbocycles. The highest BCUT2D eigenvalue weighted by molar-refractivity contribution is 5.85. The Morgan fingerprint density at radius 2 is 1.79 bits per heavy atom. The van der Waals surface area contributed by atoms with Crippen LogP contribution in [0.2, 0.25) is 0 Å². The number of nitrogens with one attached hydrogen (secondary N) is 2. The highest BCUT2D eigenvalue weighted by Crippen LogP contribution is 2.33. The highest BCUT2D eigenvalue weighted by Gasteiger charge is 2.38. The van der Waals surface area contributed by atoms with Crippen LogP contribution in [0, 0.1) is 11.8 Å². The predicted molar refractivity (Wildman–Crippen MR) is 104 cm³/mol. The minimum absolute atomic E-state index is 0. The van der Waals surface area contributed by atoms with E-state index >= 15 is 0 Å². The molecule has 2 aliphatic heterocycles. The first-order valence-corrected chi connectivity index (χ1v) is 9.40. The lowest BCUT2D eigenvalue weighted by molar-refractivity contribution is -0.123. The van der Waals surface area contributed by atoms with Crippen molar-refractivity contribution in [2.24, 2.45) is 11.8 Å². The maximum Gasteiger partial charge on any atom is 0.237 e. The monoisotopic (exact) mass is 379 g/mol. The van der Waals surface area contributed by atoms with Crippen molar-refractivity contribution in [3.63, 3.8) is 0 Å². The predicted octanol–water partition coefficient (Wildman–Crippen LogP) is 2.99. The van der Waals surface area contributed by atoms with E-state index in [-0.39, 0.29) is 36.8 Å². The van der Waals surface area contributed by atoms with E-state index in [2.05, 4.69) is 29.4 Å². The van der Waals surface area contributed by atoms with E-state index in [4.69, 9.17) is 0 Å². The minimum Gasteiger partial charge on any atom is -0.352 e. The SMILES string of the molecule is CC(C)CN1CCC(NC(=O)C2CC3CCCCC3N2)CC1.Cl.Cl. The van der Waals surface area contributed by atoms with Crippen molar-refractivity contribution in [2.75, 3.05) is 19.6 Å². The number of fused-ring (bicyclic) bond motifs is 1. The number of carbonyl (C=O) groups excluding carboxylic acids is 1. The Morgan fingerprint density at radius 3 is 2.42 bits per heavy atom. The van der Waals surface area contributed by atoms with Gasteiger partial charge in [-0.15, -0.1) is 24.8 Å². The summed E-state index contributed by atoms with van der Waals surface area (Å²) >= 11 is 0. The van der Waals surface area contributed by atoms with E-state index in [0.717, 1.165) is 44.2 Å². The fraction of sp³-hybridized carbons (Fsp3) is 0.944. The van der Waals surface area contributed by atoms with Gasteiger partial charge in [0.25, 0.3) is 0 Å². The highest BCUT2D eigenvalue weighted by atomic mass is 35.5. The summed E-state index contributed by atoms with van der Waals surface area (Å²) in [5, 5.41) is 6.91. The molecule has 3 unspecified atom stereocenters. The lowest BCUT2D eigenvalue weighted by Crippen LogP contribution is -2.50. The zero-order valence-electron chi connectivity index (χ0n) is 15.1. The first kappa shape index (κ1) is 22.0. The van der Waals surface area contributed by atoms with Gasteiger partial charge in [0, 0.05) is 31.7 Å². The fourth-order valence-electron chi connectivity index (χ4n) is 4.60. The Kier molecular flexibility index (Phi) is 9.35. The Hall–Kier alpha value is -0.0300. The first-order chi connectivity index (χ1) is 10.6. The summed E-state index contributed by atoms with van der Waals surface area (Å²) in [5.74, 6) is 1.74. The van der Waals surface area contributed by atoms with Crippen LogP contribution in [0.4, 0.5) is 0 Å². The van der Waals surface area contributed by atoms with Gasteiger partial charge < -0.3 is 15.5 Å². The van der Waals surface area contributed by atoms with Crippen molar-refractivity contribution in [2.45, 2.75) is 76.9 Å². The number of likely N-dealkylation sites (tertiary alicyclic amines) is 1. The molecule has 3 rings (SSSR count). The van der Waals surface area contributed by atoms with Gasteiger partial charge >= 0.3 is 0 Å². The Morgan fingerprint density at radius 1 is 1.12 bits per heavy atom. The van der Waals surface area contributed by atoms with Gasteiger partial charge in [0.2, 0.25) is 5.91 Å². The standard InChI is InChI=1S/C18H33N3O.2ClH/c1-13(2)12-21-9-7-15(8-10-21)19-18(22)17-11-14-5-3-4-6-16(14)20-17;;/h13-17,20H,3-12H2,1-2H3,(H,19,22);2*1H. The van der Waals surface area contributed by atoms with Crippen molar-refractivity contribution in [3.05, 3.63) is 0 Å². The van der Waals surface area contributed by atoms with Crippen LogP contribution in [0.3, 0.4) is 0 Å². The Labute approximate surface area is 159 Å². The fourth-order valence-corrected chi connectivity index (χ4v) is 4.60. The summed E-state index contributed by atoms with van der Waals surface area (Å²) in [6, 6.07) is 1.07. The zero-order valence-corrected chi connectivity index (χ0v) is 16.8. The number of nitrogens with zero attached hydrogens (tertiary/aromatic N) is 1. The summed E-state index contributed by atoms with van der Waals surface area (Å²) in [6.45, 7) is 8.01. The lowest BCUT2D eigenvalue weighted by Gasteiger charge is -2.33. The van der Waals surface area contributed by atoms with E-state index in [1.165, 1.54) is 32.2 Å². The topological polar surface area (TPSA) is 44.4 Å². The summed E-state index contributed by atoms with van der Waals surface area (Å²) in [7, 11) is 0. The van der Waals surface area contributed by atoms with Gasteiger partial charge in [-0.25, -0.2) is 0 Å². The number of rotatable bonds is 4. The molecular weight excluding hydrogens is 345 g/mol. The number of carbonyl (C=O) groups is 1. The van der Waals surface area contributed by atoms with Crippen LogP contribution in [0.25, 0.3) is 0 Å². The van der Waals surface area contributed by atoms with E-state index in [1.807, 2.05) is 0 Å². The molecule has 142 valence electrons. The van der Waals surface area contributed by atoms with E-state index in [0.29, 0.717) is 12.1 Å². The number of halogens is 2. The third kappa shape index (κ3) is 5.76. The van der Waals surface area contributed by atoms with Crippen LogP contribution in [0.15, 0.2) is 0 Å². The molecule has 0 aromatic heterocycles. The van der Waals surface area contributed by atoms with Crippen molar-refractivity contribution in [3.8, 4) is 0 Å². The van der Waals surface area contributed by atoms with Crippen LogP contribution in [-0.4, -0.2) is 48.6 Å². The maximum atomic E-state index is 12.5. The average molecular weight is 380 g/mol. The molecule has 2 N–H and O–H groups in total. The van der Waals surface area contributed by atoms with Gasteiger partial charge in [0.05, 0.1) is 6.04 Å². The van der Waals surface area contributed by atoms with Crippen LogP contribution in [-0.2, 0) is 4.79 Å². The van der Waals surface area contributed by atoms with Crippen molar-refractivity contribution < 1.29 is 4.79 Å². The molecule has 1 amide bonds. The second-order valence-electron chi connectivity index (χ2n) is 8.08. The van der Waals surface area contributed by atoms with Crippen LogP contribution >= 0.6 is 24.8 Å². The lowest BCUT2D eigenvalue weighted by atomic mass is 9.85. The number of hydrogen-bond donors (Lipinski definition) is 2. The molecule has 4 nitrogen and oxygen atoms in total. The average Bonchev–Trinajstić information content (AvgIpc) is 2.93. The molecule has 0 aromatic carbocycles. The number of amides is 1. The molecule has 2 heterocycles. The summed E-state index contributed by atoms with van der Waals surface area (Å²) < 4.78 is 0. The molecule has 24 heavy (non-hydrogen) atoms. The van der Waals surface area contributed by atoms with Crippen molar-refractivity contribution in [1.82, 2.24) is 15.5 Å². The van der Waals surface area contributed by atoms with Crippen LogP contribution < -0.4 is 10.6 Å². The Bertz CT molecular complexity index is 372. The van der Waals surface area contributed by atoms with Crippen molar-refractivity contribution in [1.29, 1.82) is 0 Å². The van der Waals surface area contributed by atoms with Gasteiger partial charge in [0.15, 0.2) is 0 Å². The maximum absolute atomic E-state index is 12.5. The van der Waals surface area contributed by atoms with Gasteiger partial charge in [0.1, 0.15) is 0 Å². The van der Waals surface area contributed by atoms with Gasteiger partial charge in [-0.1, -0.05) is 26.7 Å².